The van der Waals surface area contributed by atoms with Crippen molar-refractivity contribution in [2.75, 3.05) is 26.2 Å². The second kappa shape index (κ2) is 7.57. The van der Waals surface area contributed by atoms with Gasteiger partial charge in [0.05, 0.1) is 13.2 Å². The molecule has 1 aromatic carbocycles. The van der Waals surface area contributed by atoms with Gasteiger partial charge in [-0.3, -0.25) is 9.69 Å². The molecule has 0 amide bonds. The zero-order valence-corrected chi connectivity index (χ0v) is 11.4. The Morgan fingerprint density at radius 1 is 1.37 bits per heavy atom. The minimum atomic E-state index is -2.50. The number of carbonyl (C=O) groups excluding carboxylic acids is 1. The number of nitrogens with zero attached hydrogens (tertiary/aromatic N) is 1. The Morgan fingerprint density at radius 3 is 2.68 bits per heavy atom. The standard InChI is InChI=1S/C13H15F2NO2.H2S/c14-13(15)12-9-16(6-7-18-12)8-11(17)10-4-2-1-3-5-10;/h1-5,12-13H,6-9H2;1H2/t12-;/m0./s1. The number of hydrogen-bond donors (Lipinski definition) is 0. The van der Waals surface area contributed by atoms with Gasteiger partial charge in [-0.05, 0) is 0 Å². The lowest BCUT2D eigenvalue weighted by atomic mass is 10.1. The minimum Gasteiger partial charge on any atom is -0.370 e. The lowest BCUT2D eigenvalue weighted by Gasteiger charge is -2.31. The van der Waals surface area contributed by atoms with Gasteiger partial charge in [-0.2, -0.15) is 13.5 Å². The molecule has 0 aliphatic carbocycles. The highest BCUT2D eigenvalue weighted by molar-refractivity contribution is 7.59. The van der Waals surface area contributed by atoms with Crippen LogP contribution in [0.2, 0.25) is 0 Å². The molecule has 1 fully saturated rings. The summed E-state index contributed by atoms with van der Waals surface area (Å²) in [5.41, 5.74) is 0.609. The van der Waals surface area contributed by atoms with Crippen LogP contribution >= 0.6 is 13.5 Å². The van der Waals surface area contributed by atoms with E-state index in [9.17, 15) is 13.6 Å². The number of ether oxygens (including phenoxy) is 1. The third-order valence-corrected chi connectivity index (χ3v) is 2.92. The van der Waals surface area contributed by atoms with E-state index in [1.807, 2.05) is 6.07 Å². The summed E-state index contributed by atoms with van der Waals surface area (Å²) in [5, 5.41) is 0. The molecule has 0 aromatic heterocycles. The highest BCUT2D eigenvalue weighted by Crippen LogP contribution is 2.13. The molecule has 0 radical (unpaired) electrons. The van der Waals surface area contributed by atoms with E-state index in [2.05, 4.69) is 0 Å². The Balaban J connectivity index is 0.00000180. The number of alkyl halides is 2. The Hall–Kier alpha value is -0.980. The second-order valence-electron chi connectivity index (χ2n) is 4.27. The van der Waals surface area contributed by atoms with Gasteiger partial charge in [-0.25, -0.2) is 8.78 Å². The van der Waals surface area contributed by atoms with Crippen LogP contribution in [0.25, 0.3) is 0 Å². The van der Waals surface area contributed by atoms with Gasteiger partial charge in [0.15, 0.2) is 5.78 Å². The smallest absolute Gasteiger partial charge is 0.265 e. The van der Waals surface area contributed by atoms with E-state index in [0.29, 0.717) is 12.1 Å². The van der Waals surface area contributed by atoms with Crippen molar-refractivity contribution in [3.63, 3.8) is 0 Å². The molecule has 0 bridgehead atoms. The van der Waals surface area contributed by atoms with Crippen LogP contribution < -0.4 is 0 Å². The van der Waals surface area contributed by atoms with Crippen LogP contribution in [0.4, 0.5) is 8.78 Å². The molecule has 19 heavy (non-hydrogen) atoms. The molecule has 2 rings (SSSR count). The fourth-order valence-electron chi connectivity index (χ4n) is 1.95. The summed E-state index contributed by atoms with van der Waals surface area (Å²) in [5.74, 6) is -0.0504. The van der Waals surface area contributed by atoms with Crippen molar-refractivity contribution in [1.82, 2.24) is 4.90 Å². The van der Waals surface area contributed by atoms with Gasteiger partial charge in [0.25, 0.3) is 6.43 Å². The average molecular weight is 289 g/mol. The first-order chi connectivity index (χ1) is 8.66. The van der Waals surface area contributed by atoms with Gasteiger partial charge in [0.2, 0.25) is 0 Å². The van der Waals surface area contributed by atoms with Gasteiger partial charge in [-0.1, -0.05) is 30.3 Å². The number of ketones is 1. The molecule has 1 atom stereocenters. The Morgan fingerprint density at radius 2 is 2.05 bits per heavy atom. The summed E-state index contributed by atoms with van der Waals surface area (Å²) in [6, 6.07) is 8.86. The molecule has 0 N–H and O–H groups in total. The van der Waals surface area contributed by atoms with E-state index in [4.69, 9.17) is 4.74 Å². The summed E-state index contributed by atoms with van der Waals surface area (Å²) in [4.78, 5) is 13.6. The first kappa shape index (κ1) is 16.1. The van der Waals surface area contributed by atoms with Crippen LogP contribution in [0.5, 0.6) is 0 Å². The second-order valence-corrected chi connectivity index (χ2v) is 4.27. The van der Waals surface area contributed by atoms with Crippen molar-refractivity contribution in [2.45, 2.75) is 12.5 Å². The van der Waals surface area contributed by atoms with Crippen LogP contribution in [-0.2, 0) is 4.74 Å². The predicted molar refractivity (Wildman–Crippen MR) is 73.3 cm³/mol. The Labute approximate surface area is 118 Å². The van der Waals surface area contributed by atoms with Crippen LogP contribution in [0.15, 0.2) is 30.3 Å². The summed E-state index contributed by atoms with van der Waals surface area (Å²) < 4.78 is 30.0. The summed E-state index contributed by atoms with van der Waals surface area (Å²) in [6.07, 6.45) is -3.58. The quantitative estimate of drug-likeness (QED) is 0.794. The van der Waals surface area contributed by atoms with Gasteiger partial charge in [-0.15, -0.1) is 0 Å². The number of morpholine rings is 1. The van der Waals surface area contributed by atoms with Crippen molar-refractivity contribution >= 4 is 19.3 Å². The maximum Gasteiger partial charge on any atom is 0.265 e. The number of hydrogen-bond acceptors (Lipinski definition) is 3. The third kappa shape index (κ3) is 4.56. The Bertz CT molecular complexity index is 403. The third-order valence-electron chi connectivity index (χ3n) is 2.92. The lowest BCUT2D eigenvalue weighted by Crippen LogP contribution is -2.47. The molecule has 0 saturated carbocycles. The molecular weight excluding hydrogens is 272 g/mol. The molecule has 0 spiro atoms. The highest BCUT2D eigenvalue weighted by Gasteiger charge is 2.28. The monoisotopic (exact) mass is 289 g/mol. The van der Waals surface area contributed by atoms with E-state index in [1.54, 1.807) is 29.2 Å². The number of halogens is 2. The normalized spacial score (nSPS) is 20.1. The molecule has 1 heterocycles. The summed E-state index contributed by atoms with van der Waals surface area (Å²) in [7, 11) is 0. The first-order valence-corrected chi connectivity index (χ1v) is 5.87. The fourth-order valence-corrected chi connectivity index (χ4v) is 1.95. The van der Waals surface area contributed by atoms with Crippen molar-refractivity contribution < 1.29 is 18.3 Å². The molecular formula is C13H17F2NO2S. The molecule has 1 aliphatic rings. The molecule has 1 aromatic rings. The van der Waals surface area contributed by atoms with Crippen molar-refractivity contribution in [3.05, 3.63) is 35.9 Å². The van der Waals surface area contributed by atoms with E-state index in [-0.39, 0.29) is 39.0 Å². The van der Waals surface area contributed by atoms with Crippen molar-refractivity contribution in [3.8, 4) is 0 Å². The maximum absolute atomic E-state index is 12.5. The first-order valence-electron chi connectivity index (χ1n) is 5.87. The van der Waals surface area contributed by atoms with Crippen LogP contribution in [0.3, 0.4) is 0 Å². The van der Waals surface area contributed by atoms with Crippen LogP contribution in [-0.4, -0.2) is 49.5 Å². The summed E-state index contributed by atoms with van der Waals surface area (Å²) in [6.45, 7) is 1.03. The molecule has 6 heteroatoms. The summed E-state index contributed by atoms with van der Waals surface area (Å²) >= 11 is 0. The van der Waals surface area contributed by atoms with E-state index in [0.717, 1.165) is 0 Å². The molecule has 1 aliphatic heterocycles. The predicted octanol–water partition coefficient (Wildman–Crippen LogP) is 1.95. The van der Waals surface area contributed by atoms with Gasteiger partial charge in [0, 0.05) is 18.7 Å². The van der Waals surface area contributed by atoms with Crippen LogP contribution in [0.1, 0.15) is 10.4 Å². The zero-order valence-electron chi connectivity index (χ0n) is 10.4. The zero-order chi connectivity index (χ0) is 13.0. The average Bonchev–Trinajstić information content (AvgIpc) is 2.40. The number of Topliss-reactive ketones (excluding diaryl/α,β-unsaturated/α-hetero) is 1. The number of rotatable bonds is 4. The maximum atomic E-state index is 12.5. The number of carbonyl (C=O) groups is 1. The highest BCUT2D eigenvalue weighted by atomic mass is 32.1. The molecule has 0 unspecified atom stereocenters. The molecule has 3 nitrogen and oxygen atoms in total. The van der Waals surface area contributed by atoms with Crippen LogP contribution in [0, 0.1) is 0 Å². The largest absolute Gasteiger partial charge is 0.370 e. The van der Waals surface area contributed by atoms with E-state index in [1.165, 1.54) is 0 Å². The topological polar surface area (TPSA) is 29.5 Å². The Kier molecular flexibility index (Phi) is 6.41. The molecule has 1 saturated heterocycles. The molecule has 106 valence electrons. The fraction of sp³-hybridized carbons (Fsp3) is 0.462. The van der Waals surface area contributed by atoms with Gasteiger partial charge < -0.3 is 4.74 Å². The SMILES string of the molecule is O=C(CN1CCO[C@H](C(F)F)C1)c1ccccc1.S. The van der Waals surface area contributed by atoms with E-state index < -0.39 is 12.5 Å². The van der Waals surface area contributed by atoms with Crippen molar-refractivity contribution in [2.24, 2.45) is 0 Å². The van der Waals surface area contributed by atoms with Gasteiger partial charge >= 0.3 is 0 Å². The minimum absolute atomic E-state index is 0. The lowest BCUT2D eigenvalue weighted by molar-refractivity contribution is -0.100. The van der Waals surface area contributed by atoms with E-state index >= 15 is 0 Å². The van der Waals surface area contributed by atoms with Gasteiger partial charge in [0.1, 0.15) is 6.10 Å². The van der Waals surface area contributed by atoms with Crippen molar-refractivity contribution in [1.29, 1.82) is 0 Å². The number of benzene rings is 1.